The number of nitrogens with two attached hydrogens (primary N) is 1. The van der Waals surface area contributed by atoms with E-state index in [9.17, 15) is 18.4 Å². The van der Waals surface area contributed by atoms with Crippen molar-refractivity contribution in [2.75, 3.05) is 38.6 Å². The van der Waals surface area contributed by atoms with E-state index in [1.807, 2.05) is 13.0 Å². The fraction of sp³-hybridized carbons (Fsp3) is 0.393. The number of nitrogens with one attached hydrogen (secondary N) is 1. The lowest BCUT2D eigenvalue weighted by Crippen LogP contribution is -2.53. The lowest BCUT2D eigenvalue weighted by atomic mass is 10.0. The van der Waals surface area contributed by atoms with Crippen LogP contribution in [0.3, 0.4) is 0 Å². The van der Waals surface area contributed by atoms with Crippen LogP contribution in [0.1, 0.15) is 41.9 Å². The number of carbonyl (C=O) groups is 2. The molecule has 12 nitrogen and oxygen atoms in total. The van der Waals surface area contributed by atoms with Crippen molar-refractivity contribution in [3.8, 4) is 11.3 Å². The number of amides is 2. The first-order valence-corrected chi connectivity index (χ1v) is 13.6. The lowest BCUT2D eigenvalue weighted by molar-refractivity contribution is -0.133. The van der Waals surface area contributed by atoms with Crippen molar-refractivity contribution in [1.82, 2.24) is 33.9 Å². The number of imidazole rings is 1. The largest absolute Gasteiger partial charge is 0.362 e. The normalized spacial score (nSPS) is 14.5. The second kappa shape index (κ2) is 12.2. The average molecular weight is 582 g/mol. The number of fused-ring (bicyclic) bond motifs is 1. The summed E-state index contributed by atoms with van der Waals surface area (Å²) in [5.41, 5.74) is 8.61. The van der Waals surface area contributed by atoms with Gasteiger partial charge in [-0.1, -0.05) is 6.92 Å². The van der Waals surface area contributed by atoms with Crippen molar-refractivity contribution in [1.29, 1.82) is 0 Å². The highest BCUT2D eigenvalue weighted by molar-refractivity contribution is 5.96. The van der Waals surface area contributed by atoms with Crippen LogP contribution in [-0.2, 0) is 22.7 Å². The molecule has 0 aliphatic carbocycles. The minimum Gasteiger partial charge on any atom is -0.362 e. The molecule has 1 saturated heterocycles. The monoisotopic (exact) mass is 581 g/mol. The first kappa shape index (κ1) is 29.1. The van der Waals surface area contributed by atoms with Gasteiger partial charge in [0.1, 0.15) is 12.4 Å². The zero-order valence-corrected chi connectivity index (χ0v) is 23.6. The number of rotatable bonds is 9. The molecule has 4 heterocycles. The van der Waals surface area contributed by atoms with Gasteiger partial charge >= 0.3 is 0 Å². The summed E-state index contributed by atoms with van der Waals surface area (Å²) in [6.45, 7) is 5.43. The van der Waals surface area contributed by atoms with Gasteiger partial charge < -0.3 is 25.6 Å². The van der Waals surface area contributed by atoms with E-state index in [0.717, 1.165) is 5.56 Å². The van der Waals surface area contributed by atoms with Gasteiger partial charge in [-0.15, -0.1) is 0 Å². The molecule has 42 heavy (non-hydrogen) atoms. The number of hydrogen-bond acceptors (Lipinski definition) is 8. The van der Waals surface area contributed by atoms with Crippen molar-refractivity contribution < 1.29 is 23.1 Å². The van der Waals surface area contributed by atoms with Crippen LogP contribution in [0.4, 0.5) is 20.3 Å². The summed E-state index contributed by atoms with van der Waals surface area (Å²) in [6, 6.07) is 4.89. The van der Waals surface area contributed by atoms with Gasteiger partial charge in [0, 0.05) is 68.7 Å². The van der Waals surface area contributed by atoms with E-state index >= 15 is 0 Å². The molecule has 14 heteroatoms. The Labute approximate surface area is 241 Å². The quantitative estimate of drug-likeness (QED) is 0.308. The number of benzene rings is 1. The van der Waals surface area contributed by atoms with Crippen LogP contribution in [-0.4, -0.2) is 85.1 Å². The van der Waals surface area contributed by atoms with Gasteiger partial charge in [0.25, 0.3) is 12.3 Å². The highest BCUT2D eigenvalue weighted by atomic mass is 19.3. The summed E-state index contributed by atoms with van der Waals surface area (Å²) in [7, 11) is 1.46. The first-order chi connectivity index (χ1) is 20.2. The average Bonchev–Trinajstić information content (AvgIpc) is 3.61. The SMILES string of the molecule is CCc1cc(Nc2nccn3c(-c4cn(COC)nc4C(F)F)cnc23)ccc1C(=O)N1CCN(C(=O)[C@H](C)N)CC1. The topological polar surface area (TPSA) is 136 Å². The van der Waals surface area contributed by atoms with Gasteiger partial charge in [0.05, 0.1) is 17.9 Å². The molecule has 0 radical (unpaired) electrons. The summed E-state index contributed by atoms with van der Waals surface area (Å²) in [5, 5.41) is 7.22. The molecule has 1 aliphatic heterocycles. The number of halogens is 2. The van der Waals surface area contributed by atoms with Crippen LogP contribution in [0.5, 0.6) is 0 Å². The minimum absolute atomic E-state index is 0.0342. The van der Waals surface area contributed by atoms with E-state index in [1.165, 1.54) is 24.2 Å². The summed E-state index contributed by atoms with van der Waals surface area (Å²) >= 11 is 0. The molecule has 0 saturated carbocycles. The number of nitrogens with zero attached hydrogens (tertiary/aromatic N) is 7. The van der Waals surface area contributed by atoms with Gasteiger partial charge in [0.2, 0.25) is 5.91 Å². The number of hydrogen-bond donors (Lipinski definition) is 2. The van der Waals surface area contributed by atoms with Crippen molar-refractivity contribution in [3.63, 3.8) is 0 Å². The third-order valence-corrected chi connectivity index (χ3v) is 7.21. The minimum atomic E-state index is -2.78. The van der Waals surface area contributed by atoms with Crippen molar-refractivity contribution >= 4 is 29.0 Å². The molecule has 222 valence electrons. The standard InChI is InChI=1S/C28H33F2N9O3/c1-4-18-13-19(5-6-20(18)28(41)37-11-9-36(10-12-37)27(40)17(2)31)34-25-26-33-14-22(39(26)8-7-32-25)21-15-38(16-42-3)35-23(21)24(29)30/h5-8,13-15,17,24H,4,9-12,16,31H2,1-3H3,(H,32,34)/t17-/m0/s1. The van der Waals surface area contributed by atoms with Gasteiger partial charge in [-0.05, 0) is 37.1 Å². The highest BCUT2D eigenvalue weighted by Gasteiger charge is 2.27. The van der Waals surface area contributed by atoms with Gasteiger partial charge in [0.15, 0.2) is 11.5 Å². The number of methoxy groups -OCH3 is 1. The number of alkyl halides is 2. The number of carbonyl (C=O) groups excluding carboxylic acids is 2. The molecule has 0 unspecified atom stereocenters. The van der Waals surface area contributed by atoms with Crippen LogP contribution in [0.15, 0.2) is 43.0 Å². The Morgan fingerprint density at radius 3 is 2.55 bits per heavy atom. The van der Waals surface area contributed by atoms with E-state index in [-0.39, 0.29) is 29.8 Å². The molecule has 4 aromatic rings. The fourth-order valence-electron chi connectivity index (χ4n) is 5.10. The van der Waals surface area contributed by atoms with Crippen molar-refractivity contribution in [3.05, 3.63) is 59.8 Å². The van der Waals surface area contributed by atoms with Gasteiger partial charge in [-0.3, -0.25) is 14.0 Å². The second-order valence-electron chi connectivity index (χ2n) is 10.1. The Balaban J connectivity index is 1.37. The van der Waals surface area contributed by atoms with E-state index in [4.69, 9.17) is 10.5 Å². The summed E-state index contributed by atoms with van der Waals surface area (Å²) in [6.07, 6.45) is 4.04. The van der Waals surface area contributed by atoms with E-state index in [2.05, 4.69) is 20.4 Å². The van der Waals surface area contributed by atoms with E-state index in [0.29, 0.717) is 61.0 Å². The zero-order valence-electron chi connectivity index (χ0n) is 23.6. The third kappa shape index (κ3) is 5.67. The molecule has 1 aromatic carbocycles. The number of aryl methyl sites for hydroxylation is 1. The summed E-state index contributed by atoms with van der Waals surface area (Å²) < 4.78 is 35.6. The van der Waals surface area contributed by atoms with E-state index < -0.39 is 12.5 Å². The predicted molar refractivity (Wildman–Crippen MR) is 151 cm³/mol. The molecule has 3 N–H and O–H groups in total. The Bertz CT molecular complexity index is 1590. The molecule has 0 bridgehead atoms. The van der Waals surface area contributed by atoms with Gasteiger partial charge in [-0.25, -0.2) is 23.4 Å². The van der Waals surface area contributed by atoms with Crippen LogP contribution >= 0.6 is 0 Å². The molecule has 1 fully saturated rings. The van der Waals surface area contributed by atoms with Crippen LogP contribution < -0.4 is 11.1 Å². The number of anilines is 2. The zero-order chi connectivity index (χ0) is 30.0. The Kier molecular flexibility index (Phi) is 8.45. The Morgan fingerprint density at radius 2 is 1.88 bits per heavy atom. The smallest absolute Gasteiger partial charge is 0.282 e. The lowest BCUT2D eigenvalue weighted by Gasteiger charge is -2.35. The summed E-state index contributed by atoms with van der Waals surface area (Å²) in [4.78, 5) is 37.9. The molecular formula is C28H33F2N9O3. The predicted octanol–water partition coefficient (Wildman–Crippen LogP) is 3.07. The molecule has 3 aromatic heterocycles. The Morgan fingerprint density at radius 1 is 1.14 bits per heavy atom. The van der Waals surface area contributed by atoms with E-state index in [1.54, 1.807) is 45.7 Å². The molecule has 1 aliphatic rings. The highest BCUT2D eigenvalue weighted by Crippen LogP contribution is 2.32. The van der Waals surface area contributed by atoms with Crippen molar-refractivity contribution in [2.45, 2.75) is 39.5 Å². The molecule has 1 atom stereocenters. The van der Waals surface area contributed by atoms with Gasteiger partial charge in [-0.2, -0.15) is 5.10 Å². The Hall–Kier alpha value is -4.43. The maximum atomic E-state index is 13.8. The number of ether oxygens (including phenoxy) is 1. The van der Waals surface area contributed by atoms with Crippen LogP contribution in [0.2, 0.25) is 0 Å². The first-order valence-electron chi connectivity index (χ1n) is 13.6. The van der Waals surface area contributed by atoms with Crippen LogP contribution in [0.25, 0.3) is 16.9 Å². The third-order valence-electron chi connectivity index (χ3n) is 7.21. The molecule has 0 spiro atoms. The summed E-state index contributed by atoms with van der Waals surface area (Å²) in [5.74, 6) is 0.214. The molecule has 5 rings (SSSR count). The second-order valence-corrected chi connectivity index (χ2v) is 10.1. The number of aromatic nitrogens is 5. The molecular weight excluding hydrogens is 548 g/mol. The fourth-order valence-corrected chi connectivity index (χ4v) is 5.10. The number of piperazine rings is 1. The maximum Gasteiger partial charge on any atom is 0.282 e. The molecule has 2 amide bonds. The maximum absolute atomic E-state index is 13.8. The van der Waals surface area contributed by atoms with Crippen LogP contribution in [0, 0.1) is 0 Å². The van der Waals surface area contributed by atoms with Crippen molar-refractivity contribution in [2.24, 2.45) is 5.73 Å².